The van der Waals surface area contributed by atoms with E-state index >= 15 is 0 Å². The minimum Gasteiger partial charge on any atom is -0.492 e. The Morgan fingerprint density at radius 3 is 2.07 bits per heavy atom. The number of likely N-dealkylation sites (tertiary alicyclic amines) is 1. The number of hydrogen-bond donors (Lipinski definition) is 0. The fourth-order valence-corrected chi connectivity index (χ4v) is 6.43. The van der Waals surface area contributed by atoms with E-state index in [9.17, 15) is 9.59 Å². The molecule has 2 aromatic rings. The number of ether oxygens (including phenoxy) is 2. The Balaban J connectivity index is 1.44. The summed E-state index contributed by atoms with van der Waals surface area (Å²) in [5.74, 6) is 1.40. The molecule has 2 atom stereocenters. The van der Waals surface area contributed by atoms with Crippen LogP contribution in [0.25, 0.3) is 0 Å². The van der Waals surface area contributed by atoms with Gasteiger partial charge in [0.1, 0.15) is 18.0 Å². The van der Waals surface area contributed by atoms with Crippen molar-refractivity contribution in [2.45, 2.75) is 78.5 Å². The lowest BCUT2D eigenvalue weighted by molar-refractivity contribution is -0.141. The summed E-state index contributed by atoms with van der Waals surface area (Å²) in [5.41, 5.74) is 1.89. The van der Waals surface area contributed by atoms with Gasteiger partial charge in [0, 0.05) is 51.7 Å². The predicted molar refractivity (Wildman–Crippen MR) is 180 cm³/mol. The van der Waals surface area contributed by atoms with Gasteiger partial charge < -0.3 is 24.2 Å². The van der Waals surface area contributed by atoms with Crippen molar-refractivity contribution in [2.24, 2.45) is 11.3 Å². The highest BCUT2D eigenvalue weighted by atomic mass is 16.6. The van der Waals surface area contributed by atoms with E-state index in [1.807, 2.05) is 34.9 Å². The highest BCUT2D eigenvalue weighted by Gasteiger charge is 2.41. The van der Waals surface area contributed by atoms with Crippen LogP contribution in [0.2, 0.25) is 0 Å². The number of piperidine rings is 1. The second kappa shape index (κ2) is 15.0. The van der Waals surface area contributed by atoms with E-state index in [0.717, 1.165) is 38.2 Å². The minimum absolute atomic E-state index is 0.0836. The highest BCUT2D eigenvalue weighted by molar-refractivity contribution is 5.77. The third kappa shape index (κ3) is 9.94. The van der Waals surface area contributed by atoms with Crippen molar-refractivity contribution in [1.29, 1.82) is 0 Å². The molecule has 0 aliphatic carbocycles. The van der Waals surface area contributed by atoms with Gasteiger partial charge in [0.15, 0.2) is 0 Å². The zero-order valence-electron chi connectivity index (χ0n) is 28.9. The maximum atomic E-state index is 13.9. The van der Waals surface area contributed by atoms with Crippen LogP contribution < -0.4 is 4.74 Å². The monoisotopic (exact) mass is 620 g/mol. The van der Waals surface area contributed by atoms with Gasteiger partial charge in [-0.1, -0.05) is 63.2 Å². The van der Waals surface area contributed by atoms with E-state index in [4.69, 9.17) is 9.47 Å². The molecule has 0 saturated carbocycles. The van der Waals surface area contributed by atoms with E-state index in [1.165, 1.54) is 11.1 Å². The summed E-state index contributed by atoms with van der Waals surface area (Å²) in [7, 11) is 4.10. The summed E-state index contributed by atoms with van der Waals surface area (Å²) in [5, 5.41) is 0. The first-order valence-corrected chi connectivity index (χ1v) is 16.6. The van der Waals surface area contributed by atoms with E-state index in [1.54, 1.807) is 4.90 Å². The van der Waals surface area contributed by atoms with Crippen LogP contribution in [0.3, 0.4) is 0 Å². The van der Waals surface area contributed by atoms with Gasteiger partial charge in [0.2, 0.25) is 5.91 Å². The molecule has 0 radical (unpaired) electrons. The van der Waals surface area contributed by atoms with Crippen LogP contribution in [0.1, 0.15) is 78.0 Å². The fraction of sp³-hybridized carbons (Fsp3) is 0.622. The third-order valence-electron chi connectivity index (χ3n) is 8.94. The maximum Gasteiger partial charge on any atom is 0.410 e. The first-order valence-electron chi connectivity index (χ1n) is 16.6. The standard InChI is InChI=1S/C37H56N4O4/c1-36(2,3)32-27-40(22-23-41(32)33(42)26-28-18-20-39(21-19-28)35(43)45-37(4,5)6)34(29-12-10-9-11-13-29)30-14-16-31(17-15-30)44-25-24-38(7)8/h9-17,28,32,34H,18-27H2,1-8H3/t32-,34?/m1/s1. The van der Waals surface area contributed by atoms with Crippen molar-refractivity contribution in [1.82, 2.24) is 19.6 Å². The van der Waals surface area contributed by atoms with Crippen molar-refractivity contribution in [3.63, 3.8) is 0 Å². The number of nitrogens with zero attached hydrogens (tertiary/aromatic N) is 4. The molecule has 0 N–H and O–H groups in total. The lowest BCUT2D eigenvalue weighted by Gasteiger charge is -2.50. The summed E-state index contributed by atoms with van der Waals surface area (Å²) in [6, 6.07) is 19.4. The molecule has 2 fully saturated rings. The van der Waals surface area contributed by atoms with Crippen molar-refractivity contribution in [3.05, 3.63) is 65.7 Å². The molecule has 8 nitrogen and oxygen atoms in total. The quantitative estimate of drug-likeness (QED) is 0.327. The van der Waals surface area contributed by atoms with E-state index < -0.39 is 5.60 Å². The topological polar surface area (TPSA) is 65.6 Å². The Labute approximate surface area is 271 Å². The zero-order valence-corrected chi connectivity index (χ0v) is 28.9. The zero-order chi connectivity index (χ0) is 32.8. The van der Waals surface area contributed by atoms with Crippen LogP contribution in [0.5, 0.6) is 5.75 Å². The van der Waals surface area contributed by atoms with Gasteiger partial charge in [-0.2, -0.15) is 0 Å². The Bertz CT molecular complexity index is 1230. The average molecular weight is 621 g/mol. The Hall–Kier alpha value is -3.10. The molecule has 45 heavy (non-hydrogen) atoms. The molecule has 2 saturated heterocycles. The van der Waals surface area contributed by atoms with Gasteiger partial charge in [-0.15, -0.1) is 0 Å². The normalized spacial score (nSPS) is 19.4. The van der Waals surface area contributed by atoms with Crippen molar-refractivity contribution in [2.75, 3.05) is 60.0 Å². The Morgan fingerprint density at radius 1 is 0.867 bits per heavy atom. The van der Waals surface area contributed by atoms with Crippen LogP contribution in [-0.4, -0.2) is 103 Å². The molecule has 0 bridgehead atoms. The minimum atomic E-state index is -0.503. The number of carbonyl (C=O) groups is 2. The van der Waals surface area contributed by atoms with Crippen LogP contribution >= 0.6 is 0 Å². The second-order valence-corrected chi connectivity index (χ2v) is 15.1. The van der Waals surface area contributed by atoms with Gasteiger partial charge in [-0.25, -0.2) is 4.79 Å². The number of hydrogen-bond acceptors (Lipinski definition) is 6. The molecular weight excluding hydrogens is 564 g/mol. The smallest absolute Gasteiger partial charge is 0.410 e. The molecule has 2 aliphatic heterocycles. The number of likely N-dealkylation sites (N-methyl/N-ethyl adjacent to an activating group) is 1. The number of benzene rings is 2. The molecule has 8 heteroatoms. The van der Waals surface area contributed by atoms with Gasteiger partial charge in [0.05, 0.1) is 6.04 Å². The lowest BCUT2D eigenvalue weighted by atomic mass is 9.82. The van der Waals surface area contributed by atoms with Crippen LogP contribution in [-0.2, 0) is 9.53 Å². The van der Waals surface area contributed by atoms with Gasteiger partial charge in [-0.05, 0) is 82.3 Å². The summed E-state index contributed by atoms with van der Waals surface area (Å²) < 4.78 is 11.5. The molecule has 2 aliphatic rings. The molecule has 1 unspecified atom stereocenters. The van der Waals surface area contributed by atoms with Crippen LogP contribution in [0, 0.1) is 11.3 Å². The summed E-state index contributed by atoms with van der Waals surface area (Å²) in [6.07, 6.45) is 1.94. The summed E-state index contributed by atoms with van der Waals surface area (Å²) in [6.45, 7) is 17.5. The van der Waals surface area contributed by atoms with E-state index in [-0.39, 0.29) is 35.4 Å². The molecule has 0 aromatic heterocycles. The van der Waals surface area contributed by atoms with Crippen LogP contribution in [0.15, 0.2) is 54.6 Å². The van der Waals surface area contributed by atoms with Gasteiger partial charge in [0.25, 0.3) is 0 Å². The largest absolute Gasteiger partial charge is 0.492 e. The first kappa shape index (κ1) is 34.8. The molecule has 0 spiro atoms. The maximum absolute atomic E-state index is 13.9. The molecule has 4 rings (SSSR count). The molecule has 2 aromatic carbocycles. The number of piperazine rings is 1. The molecule has 2 heterocycles. The van der Waals surface area contributed by atoms with Gasteiger partial charge in [-0.3, -0.25) is 9.69 Å². The first-order chi connectivity index (χ1) is 21.2. The highest BCUT2D eigenvalue weighted by Crippen LogP contribution is 2.36. The van der Waals surface area contributed by atoms with E-state index in [0.29, 0.717) is 32.7 Å². The van der Waals surface area contributed by atoms with Crippen LogP contribution in [0.4, 0.5) is 4.79 Å². The van der Waals surface area contributed by atoms with Gasteiger partial charge >= 0.3 is 6.09 Å². The van der Waals surface area contributed by atoms with Crippen molar-refractivity contribution < 1.29 is 19.1 Å². The van der Waals surface area contributed by atoms with Crippen molar-refractivity contribution >= 4 is 12.0 Å². The average Bonchev–Trinajstić information content (AvgIpc) is 2.97. The predicted octanol–water partition coefficient (Wildman–Crippen LogP) is 6.31. The Kier molecular flexibility index (Phi) is 11.6. The number of carbonyl (C=O) groups excluding carboxylic acids is 2. The summed E-state index contributed by atoms with van der Waals surface area (Å²) in [4.78, 5) is 35.0. The Morgan fingerprint density at radius 2 is 1.49 bits per heavy atom. The van der Waals surface area contributed by atoms with E-state index in [2.05, 4.69) is 90.1 Å². The third-order valence-corrected chi connectivity index (χ3v) is 8.94. The molecule has 248 valence electrons. The fourth-order valence-electron chi connectivity index (χ4n) is 6.43. The lowest BCUT2D eigenvalue weighted by Crippen LogP contribution is -2.60. The summed E-state index contributed by atoms with van der Waals surface area (Å²) >= 11 is 0. The van der Waals surface area contributed by atoms with Crippen molar-refractivity contribution in [3.8, 4) is 5.75 Å². The second-order valence-electron chi connectivity index (χ2n) is 15.1. The number of amides is 2. The SMILES string of the molecule is CN(C)CCOc1ccc(C(c2ccccc2)N2CCN(C(=O)CC3CCN(C(=O)OC(C)(C)C)CC3)[C@@H](C(C)(C)C)C2)cc1. The molecule has 2 amide bonds. The number of rotatable bonds is 9. The molecular formula is C37H56N4O4.